The van der Waals surface area contributed by atoms with Crippen LogP contribution in [-0.2, 0) is 6.42 Å². The van der Waals surface area contributed by atoms with Gasteiger partial charge in [0.2, 0.25) is 0 Å². The summed E-state index contributed by atoms with van der Waals surface area (Å²) in [4.78, 5) is 19.0. The Bertz CT molecular complexity index is 680. The van der Waals surface area contributed by atoms with Crippen LogP contribution in [-0.4, -0.2) is 9.97 Å². The number of nitriles is 1. The predicted molar refractivity (Wildman–Crippen MR) is 69.1 cm³/mol. The molecule has 2 aromatic rings. The molecule has 0 aliphatic rings. The van der Waals surface area contributed by atoms with E-state index in [2.05, 4.69) is 16.0 Å². The molecule has 0 amide bonds. The van der Waals surface area contributed by atoms with Crippen molar-refractivity contribution in [2.24, 2.45) is 0 Å². The van der Waals surface area contributed by atoms with Crippen LogP contribution >= 0.6 is 0 Å². The van der Waals surface area contributed by atoms with Gasteiger partial charge in [0, 0.05) is 17.5 Å². The number of rotatable bonds is 2. The predicted octanol–water partition coefficient (Wildman–Crippen LogP) is 2.18. The Morgan fingerprint density at radius 2 is 2.22 bits per heavy atom. The first kappa shape index (κ1) is 12.1. The average Bonchev–Trinajstić information content (AvgIpc) is 2.41. The van der Waals surface area contributed by atoms with E-state index in [0.717, 1.165) is 5.56 Å². The minimum absolute atomic E-state index is 0.126. The smallest absolute Gasteiger partial charge is 0.254 e. The zero-order valence-corrected chi connectivity index (χ0v) is 10.3. The molecule has 0 saturated heterocycles. The first-order chi connectivity index (χ1) is 8.65. The number of aromatic nitrogens is 2. The molecule has 0 spiro atoms. The van der Waals surface area contributed by atoms with Gasteiger partial charge in [0.25, 0.3) is 5.56 Å². The highest BCUT2D eigenvalue weighted by atomic mass is 16.1. The third-order valence-electron chi connectivity index (χ3n) is 2.80. The van der Waals surface area contributed by atoms with Crippen LogP contribution in [0.1, 0.15) is 23.9 Å². The van der Waals surface area contributed by atoms with Crippen LogP contribution < -0.4 is 5.56 Å². The van der Waals surface area contributed by atoms with E-state index >= 15 is 0 Å². The van der Waals surface area contributed by atoms with Crippen LogP contribution in [0.25, 0.3) is 11.3 Å². The highest BCUT2D eigenvalue weighted by Crippen LogP contribution is 2.19. The Balaban J connectivity index is 2.66. The van der Waals surface area contributed by atoms with Gasteiger partial charge in [-0.2, -0.15) is 5.26 Å². The molecule has 0 saturated carbocycles. The van der Waals surface area contributed by atoms with Gasteiger partial charge >= 0.3 is 0 Å². The van der Waals surface area contributed by atoms with Crippen LogP contribution in [0, 0.1) is 18.3 Å². The zero-order chi connectivity index (χ0) is 13.1. The van der Waals surface area contributed by atoms with Crippen LogP contribution in [0.5, 0.6) is 0 Å². The Kier molecular flexibility index (Phi) is 3.24. The first-order valence-electron chi connectivity index (χ1n) is 5.76. The maximum Gasteiger partial charge on any atom is 0.254 e. The molecule has 1 heterocycles. The van der Waals surface area contributed by atoms with E-state index in [0.29, 0.717) is 29.1 Å². The van der Waals surface area contributed by atoms with E-state index in [-0.39, 0.29) is 5.56 Å². The Hall–Kier alpha value is -2.41. The maximum atomic E-state index is 11.8. The molecule has 1 aromatic heterocycles. The average molecular weight is 239 g/mol. The first-order valence-corrected chi connectivity index (χ1v) is 5.76. The van der Waals surface area contributed by atoms with E-state index in [1.165, 1.54) is 0 Å². The standard InChI is InChI=1S/C14H13N3O/c1-3-12-16-13(9(2)14(18)17-12)11-6-4-5-10(7-11)8-15/h4-7H,3H2,1-2H3,(H,16,17,18). The third kappa shape index (κ3) is 2.16. The van der Waals surface area contributed by atoms with Crippen LogP contribution in [0.2, 0.25) is 0 Å². The Labute approximate surface area is 105 Å². The summed E-state index contributed by atoms with van der Waals surface area (Å²) < 4.78 is 0. The number of benzene rings is 1. The number of aromatic amines is 1. The summed E-state index contributed by atoms with van der Waals surface area (Å²) in [5, 5.41) is 8.90. The second kappa shape index (κ2) is 4.84. The molecule has 18 heavy (non-hydrogen) atoms. The lowest BCUT2D eigenvalue weighted by atomic mass is 10.1. The summed E-state index contributed by atoms with van der Waals surface area (Å²) in [5.74, 6) is 0.656. The normalized spacial score (nSPS) is 10.1. The van der Waals surface area contributed by atoms with Crippen LogP contribution in [0.3, 0.4) is 0 Å². The summed E-state index contributed by atoms with van der Waals surface area (Å²) >= 11 is 0. The minimum atomic E-state index is -0.126. The summed E-state index contributed by atoms with van der Waals surface area (Å²) in [6.45, 7) is 3.67. The summed E-state index contributed by atoms with van der Waals surface area (Å²) in [6, 6.07) is 9.21. The number of nitrogens with one attached hydrogen (secondary N) is 1. The van der Waals surface area contributed by atoms with Crippen molar-refractivity contribution < 1.29 is 0 Å². The summed E-state index contributed by atoms with van der Waals surface area (Å²) in [6.07, 6.45) is 0.667. The molecule has 4 nitrogen and oxygen atoms in total. The minimum Gasteiger partial charge on any atom is -0.310 e. The molecular formula is C14H13N3O. The van der Waals surface area contributed by atoms with Crippen molar-refractivity contribution in [2.75, 3.05) is 0 Å². The van der Waals surface area contributed by atoms with Crippen molar-refractivity contribution in [3.8, 4) is 17.3 Å². The molecule has 1 aromatic carbocycles. The SMILES string of the molecule is CCc1nc(-c2cccc(C#N)c2)c(C)c(=O)[nH]1. The monoisotopic (exact) mass is 239 g/mol. The van der Waals surface area contributed by atoms with Gasteiger partial charge in [-0.05, 0) is 19.1 Å². The fourth-order valence-corrected chi connectivity index (χ4v) is 1.76. The van der Waals surface area contributed by atoms with E-state index in [1.54, 1.807) is 25.1 Å². The largest absolute Gasteiger partial charge is 0.310 e. The molecule has 0 fully saturated rings. The van der Waals surface area contributed by atoms with Gasteiger partial charge in [0.15, 0.2) is 0 Å². The van der Waals surface area contributed by atoms with Gasteiger partial charge in [0.1, 0.15) is 5.82 Å². The lowest BCUT2D eigenvalue weighted by Crippen LogP contribution is -2.15. The second-order valence-electron chi connectivity index (χ2n) is 4.03. The van der Waals surface area contributed by atoms with Crippen LogP contribution in [0.4, 0.5) is 0 Å². The topological polar surface area (TPSA) is 69.5 Å². The highest BCUT2D eigenvalue weighted by molar-refractivity contribution is 5.64. The zero-order valence-electron chi connectivity index (χ0n) is 10.3. The van der Waals surface area contributed by atoms with Crippen molar-refractivity contribution in [2.45, 2.75) is 20.3 Å². The molecular weight excluding hydrogens is 226 g/mol. The lowest BCUT2D eigenvalue weighted by molar-refractivity contribution is 0.912. The fourth-order valence-electron chi connectivity index (χ4n) is 1.76. The van der Waals surface area contributed by atoms with Crippen molar-refractivity contribution in [3.05, 3.63) is 51.6 Å². The Morgan fingerprint density at radius 3 is 2.89 bits per heavy atom. The molecule has 2 rings (SSSR count). The van der Waals surface area contributed by atoms with Gasteiger partial charge in [-0.3, -0.25) is 4.79 Å². The molecule has 0 unspecified atom stereocenters. The molecule has 0 bridgehead atoms. The van der Waals surface area contributed by atoms with E-state index in [9.17, 15) is 4.79 Å². The lowest BCUT2D eigenvalue weighted by Gasteiger charge is -2.06. The number of aryl methyl sites for hydroxylation is 1. The van der Waals surface area contributed by atoms with Crippen molar-refractivity contribution in [1.82, 2.24) is 9.97 Å². The van der Waals surface area contributed by atoms with Gasteiger partial charge in [-0.1, -0.05) is 19.1 Å². The number of hydrogen-bond acceptors (Lipinski definition) is 3. The van der Waals surface area contributed by atoms with Crippen molar-refractivity contribution >= 4 is 0 Å². The summed E-state index contributed by atoms with van der Waals surface area (Å²) in [7, 11) is 0. The molecule has 0 atom stereocenters. The number of H-pyrrole nitrogens is 1. The number of hydrogen-bond donors (Lipinski definition) is 1. The molecule has 0 aliphatic carbocycles. The second-order valence-corrected chi connectivity index (χ2v) is 4.03. The maximum absolute atomic E-state index is 11.8. The molecule has 0 aliphatic heterocycles. The quantitative estimate of drug-likeness (QED) is 0.873. The molecule has 4 heteroatoms. The van der Waals surface area contributed by atoms with Crippen molar-refractivity contribution in [3.63, 3.8) is 0 Å². The van der Waals surface area contributed by atoms with Gasteiger partial charge < -0.3 is 4.98 Å². The molecule has 0 radical (unpaired) electrons. The van der Waals surface area contributed by atoms with Gasteiger partial charge in [-0.15, -0.1) is 0 Å². The van der Waals surface area contributed by atoms with Gasteiger partial charge in [0.05, 0.1) is 17.3 Å². The molecule has 1 N–H and O–H groups in total. The third-order valence-corrected chi connectivity index (χ3v) is 2.80. The number of nitrogens with zero attached hydrogens (tertiary/aromatic N) is 2. The van der Waals surface area contributed by atoms with Gasteiger partial charge in [-0.25, -0.2) is 4.98 Å². The van der Waals surface area contributed by atoms with E-state index < -0.39 is 0 Å². The van der Waals surface area contributed by atoms with Crippen molar-refractivity contribution in [1.29, 1.82) is 5.26 Å². The summed E-state index contributed by atoms with van der Waals surface area (Å²) in [5.41, 5.74) is 2.45. The van der Waals surface area contributed by atoms with E-state index in [1.807, 2.05) is 13.0 Å². The highest BCUT2D eigenvalue weighted by Gasteiger charge is 2.09. The molecule has 90 valence electrons. The van der Waals surface area contributed by atoms with E-state index in [4.69, 9.17) is 5.26 Å². The van der Waals surface area contributed by atoms with Crippen LogP contribution in [0.15, 0.2) is 29.1 Å². The Morgan fingerprint density at radius 1 is 1.44 bits per heavy atom. The fraction of sp³-hybridized carbons (Fsp3) is 0.214.